The third-order valence-corrected chi connectivity index (χ3v) is 9.56. The molecule has 0 atom stereocenters. The highest BCUT2D eigenvalue weighted by molar-refractivity contribution is 7.12. The van der Waals surface area contributed by atoms with Gasteiger partial charge >= 0.3 is 0 Å². The van der Waals surface area contributed by atoms with Gasteiger partial charge in [-0.3, -0.25) is 9.59 Å². The van der Waals surface area contributed by atoms with Crippen molar-refractivity contribution < 1.29 is 9.59 Å². The van der Waals surface area contributed by atoms with Crippen molar-refractivity contribution in [1.29, 1.82) is 5.41 Å². The number of likely N-dealkylation sites (tertiary alicyclic amines) is 1. The number of hydrogen-bond donors (Lipinski definition) is 1. The van der Waals surface area contributed by atoms with Crippen LogP contribution in [0.2, 0.25) is 0 Å². The lowest BCUT2D eigenvalue weighted by Gasteiger charge is -2.35. The molecule has 1 aliphatic heterocycles. The van der Waals surface area contributed by atoms with E-state index in [0.29, 0.717) is 30.6 Å². The number of nitrogens with zero attached hydrogens (tertiary/aromatic N) is 1. The molecule has 4 nitrogen and oxygen atoms in total. The Morgan fingerprint density at radius 2 is 1.59 bits per heavy atom. The van der Waals surface area contributed by atoms with Crippen LogP contribution in [0.5, 0.6) is 0 Å². The predicted octanol–water partition coefficient (Wildman–Crippen LogP) is 7.96. The fourth-order valence-corrected chi connectivity index (χ4v) is 7.08. The Balaban J connectivity index is 1.62. The Hall–Kier alpha value is -2.01. The van der Waals surface area contributed by atoms with E-state index in [-0.39, 0.29) is 17.4 Å². The van der Waals surface area contributed by atoms with E-state index in [2.05, 4.69) is 39.5 Å². The van der Waals surface area contributed by atoms with Crippen molar-refractivity contribution in [2.45, 2.75) is 104 Å². The number of aryl methyl sites for hydroxylation is 2. The molecular weight excluding hydrogens is 476 g/mol. The number of amides is 1. The van der Waals surface area contributed by atoms with Gasteiger partial charge in [0.1, 0.15) is 0 Å². The first-order valence-corrected chi connectivity index (χ1v) is 15.4. The Bertz CT molecular complexity index is 959. The summed E-state index contributed by atoms with van der Waals surface area (Å²) < 4.78 is 0. The molecule has 1 aromatic heterocycles. The Labute approximate surface area is 229 Å². The lowest BCUT2D eigenvalue weighted by Crippen LogP contribution is -2.38. The highest BCUT2D eigenvalue weighted by Gasteiger charge is 2.29. The van der Waals surface area contributed by atoms with Crippen LogP contribution in [-0.4, -0.2) is 35.4 Å². The van der Waals surface area contributed by atoms with Gasteiger partial charge in [-0.2, -0.15) is 0 Å². The van der Waals surface area contributed by atoms with E-state index in [4.69, 9.17) is 5.41 Å². The summed E-state index contributed by atoms with van der Waals surface area (Å²) >= 11 is 1.82. The second kappa shape index (κ2) is 14.8. The van der Waals surface area contributed by atoms with Crippen LogP contribution in [0.25, 0.3) is 0 Å². The van der Waals surface area contributed by atoms with Gasteiger partial charge in [-0.1, -0.05) is 38.0 Å². The van der Waals surface area contributed by atoms with E-state index < -0.39 is 0 Å². The van der Waals surface area contributed by atoms with Gasteiger partial charge in [-0.25, -0.2) is 0 Å². The molecule has 1 amide bonds. The van der Waals surface area contributed by atoms with Crippen LogP contribution in [0.15, 0.2) is 35.9 Å². The van der Waals surface area contributed by atoms with E-state index in [9.17, 15) is 9.59 Å². The normalized spacial score (nSPS) is 21.2. The van der Waals surface area contributed by atoms with Crippen molar-refractivity contribution in [3.8, 4) is 0 Å². The smallest absolute Gasteiger partial charge is 0.222 e. The van der Waals surface area contributed by atoms with Gasteiger partial charge in [0.2, 0.25) is 5.91 Å². The van der Waals surface area contributed by atoms with E-state index in [1.54, 1.807) is 0 Å². The average molecular weight is 525 g/mol. The van der Waals surface area contributed by atoms with Gasteiger partial charge in [-0.15, -0.1) is 11.3 Å². The molecule has 1 saturated carbocycles. The summed E-state index contributed by atoms with van der Waals surface area (Å²) in [4.78, 5) is 30.2. The standard InChI is InChI=1S/C32H48N2O2S/c1-5-7-28-13-14-29(37-28)15-16-30(33)31(35)22-27(26-11-9-25(10-12-26)23(3)4)21-24-17-19-34(20-18-24)32(36)8-6-2/h13-14,22,24-26,33H,3,5-12,15-21H2,1-2,4H3/b27-22-,33-30?. The van der Waals surface area contributed by atoms with Crippen molar-refractivity contribution in [1.82, 2.24) is 4.90 Å². The van der Waals surface area contributed by atoms with E-state index >= 15 is 0 Å². The molecule has 0 spiro atoms. The van der Waals surface area contributed by atoms with Crippen LogP contribution >= 0.6 is 11.3 Å². The van der Waals surface area contributed by atoms with E-state index in [0.717, 1.165) is 83.7 Å². The predicted molar refractivity (Wildman–Crippen MR) is 157 cm³/mol. The first-order chi connectivity index (χ1) is 17.8. The zero-order chi connectivity index (χ0) is 26.8. The maximum absolute atomic E-state index is 13.2. The molecule has 1 saturated heterocycles. The summed E-state index contributed by atoms with van der Waals surface area (Å²) in [6.45, 7) is 12.2. The van der Waals surface area contributed by atoms with Crippen molar-refractivity contribution in [3.05, 3.63) is 45.7 Å². The molecular formula is C32H48N2O2S. The molecule has 0 unspecified atom stereocenters. The minimum absolute atomic E-state index is 0.0991. The van der Waals surface area contributed by atoms with E-state index in [1.807, 2.05) is 22.3 Å². The number of carbonyl (C=O) groups excluding carboxylic acids is 2. The van der Waals surface area contributed by atoms with Gasteiger partial charge in [0.05, 0.1) is 5.71 Å². The number of carbonyl (C=O) groups is 2. The number of allylic oxidation sites excluding steroid dienone is 3. The van der Waals surface area contributed by atoms with Crippen molar-refractivity contribution in [2.75, 3.05) is 13.1 Å². The number of rotatable bonds is 13. The van der Waals surface area contributed by atoms with Crippen LogP contribution in [0.1, 0.15) is 101 Å². The summed E-state index contributed by atoms with van der Waals surface area (Å²) in [5.41, 5.74) is 2.77. The molecule has 2 heterocycles. The molecule has 0 aromatic carbocycles. The second-order valence-electron chi connectivity index (χ2n) is 11.4. The minimum atomic E-state index is -0.0991. The summed E-state index contributed by atoms with van der Waals surface area (Å²) in [5, 5.41) is 8.51. The number of nitrogens with one attached hydrogen (secondary N) is 1. The van der Waals surface area contributed by atoms with Crippen molar-refractivity contribution in [2.24, 2.45) is 17.8 Å². The SMILES string of the molecule is C=C(C)C1CCC(/C(=C\C(=O)C(=N)CCc2ccc(CCC)s2)CC2CCN(C(=O)CCC)CC2)CC1. The van der Waals surface area contributed by atoms with Crippen LogP contribution in [0.4, 0.5) is 0 Å². The van der Waals surface area contributed by atoms with Crippen LogP contribution < -0.4 is 0 Å². The summed E-state index contributed by atoms with van der Waals surface area (Å²) in [7, 11) is 0. The third kappa shape index (κ3) is 9.05. The van der Waals surface area contributed by atoms with Gasteiger partial charge in [-0.05, 0) is 114 Å². The van der Waals surface area contributed by atoms with Crippen LogP contribution in [0.3, 0.4) is 0 Å². The first kappa shape index (κ1) is 29.5. The zero-order valence-corrected chi connectivity index (χ0v) is 24.3. The van der Waals surface area contributed by atoms with Crippen molar-refractivity contribution in [3.63, 3.8) is 0 Å². The Kier molecular flexibility index (Phi) is 11.8. The van der Waals surface area contributed by atoms with Crippen molar-refractivity contribution >= 4 is 28.7 Å². The molecule has 37 heavy (non-hydrogen) atoms. The number of piperidine rings is 1. The fourth-order valence-electron chi connectivity index (χ4n) is 5.96. The number of hydrogen-bond acceptors (Lipinski definition) is 4. The summed E-state index contributed by atoms with van der Waals surface area (Å²) in [6, 6.07) is 4.35. The van der Waals surface area contributed by atoms with E-state index in [1.165, 1.54) is 20.9 Å². The molecule has 3 rings (SSSR count). The Morgan fingerprint density at radius 1 is 0.973 bits per heavy atom. The average Bonchev–Trinajstić information content (AvgIpc) is 3.35. The lowest BCUT2D eigenvalue weighted by molar-refractivity contribution is -0.132. The van der Waals surface area contributed by atoms with Gasteiger partial charge < -0.3 is 10.3 Å². The quantitative estimate of drug-likeness (QED) is 0.162. The highest BCUT2D eigenvalue weighted by atomic mass is 32.1. The highest BCUT2D eigenvalue weighted by Crippen LogP contribution is 2.39. The second-order valence-corrected chi connectivity index (χ2v) is 12.6. The Morgan fingerprint density at radius 3 is 2.19 bits per heavy atom. The molecule has 204 valence electrons. The summed E-state index contributed by atoms with van der Waals surface area (Å²) in [5.74, 6) is 1.73. The van der Waals surface area contributed by atoms with Gasteiger partial charge in [0.25, 0.3) is 0 Å². The molecule has 2 fully saturated rings. The topological polar surface area (TPSA) is 61.2 Å². The van der Waals surface area contributed by atoms with Crippen LogP contribution in [-0.2, 0) is 22.4 Å². The maximum Gasteiger partial charge on any atom is 0.222 e. The zero-order valence-electron chi connectivity index (χ0n) is 23.4. The molecule has 2 aliphatic rings. The number of ketones is 1. The molecule has 0 bridgehead atoms. The number of thiophene rings is 1. The molecule has 5 heteroatoms. The maximum atomic E-state index is 13.2. The minimum Gasteiger partial charge on any atom is -0.343 e. The molecule has 1 N–H and O–H groups in total. The molecule has 0 radical (unpaired) electrons. The molecule has 1 aliphatic carbocycles. The lowest BCUT2D eigenvalue weighted by atomic mass is 9.73. The monoisotopic (exact) mass is 524 g/mol. The molecule has 1 aromatic rings. The first-order valence-electron chi connectivity index (χ1n) is 14.6. The third-order valence-electron chi connectivity index (χ3n) is 8.35. The van der Waals surface area contributed by atoms with Gasteiger partial charge in [0, 0.05) is 29.3 Å². The fraction of sp³-hybridized carbons (Fsp3) is 0.656. The van der Waals surface area contributed by atoms with Gasteiger partial charge in [0.15, 0.2) is 5.78 Å². The summed E-state index contributed by atoms with van der Waals surface area (Å²) in [6.07, 6.45) is 14.4. The van der Waals surface area contributed by atoms with Crippen LogP contribution in [0, 0.1) is 23.2 Å². The largest absolute Gasteiger partial charge is 0.343 e.